The van der Waals surface area contributed by atoms with Gasteiger partial charge in [-0.2, -0.15) is 0 Å². The van der Waals surface area contributed by atoms with Crippen molar-refractivity contribution in [1.29, 1.82) is 0 Å². The number of carbonyl (C=O) groups excluding carboxylic acids is 1. The van der Waals surface area contributed by atoms with E-state index < -0.39 is 0 Å². The molecule has 0 fully saturated rings. The lowest BCUT2D eigenvalue weighted by Crippen LogP contribution is -2.26. The minimum atomic E-state index is -0.187. The average molecular weight is 488 g/mol. The molecule has 1 aromatic heterocycles. The van der Waals surface area contributed by atoms with E-state index in [4.69, 9.17) is 14.2 Å². The van der Waals surface area contributed by atoms with Crippen molar-refractivity contribution in [3.05, 3.63) is 77.6 Å². The molecule has 9 heteroatoms. The highest BCUT2D eigenvalue weighted by Crippen LogP contribution is 2.31. The molecule has 3 aromatic carbocycles. The summed E-state index contributed by atoms with van der Waals surface area (Å²) >= 11 is 0. The Hall–Kier alpha value is -4.40. The number of aromatic nitrogens is 4. The third-order valence-electron chi connectivity index (χ3n) is 5.95. The Bertz CT molecular complexity index is 1340. The number of hydrogen-bond acceptors (Lipinski definition) is 7. The molecule has 0 saturated carbocycles. The first kappa shape index (κ1) is 24.7. The molecule has 0 saturated heterocycles. The lowest BCUT2D eigenvalue weighted by molar-refractivity contribution is 0.0954. The lowest BCUT2D eigenvalue weighted by atomic mass is 9.95. The van der Waals surface area contributed by atoms with Crippen molar-refractivity contribution in [2.24, 2.45) is 0 Å². The van der Waals surface area contributed by atoms with Gasteiger partial charge < -0.3 is 19.5 Å². The van der Waals surface area contributed by atoms with E-state index in [0.717, 1.165) is 34.4 Å². The first-order chi connectivity index (χ1) is 17.6. The van der Waals surface area contributed by atoms with Crippen molar-refractivity contribution in [3.8, 4) is 34.1 Å². The van der Waals surface area contributed by atoms with Crippen LogP contribution < -0.4 is 19.5 Å². The van der Waals surface area contributed by atoms with Crippen LogP contribution in [0.5, 0.6) is 17.2 Å². The molecule has 0 aliphatic rings. The van der Waals surface area contributed by atoms with Gasteiger partial charge in [-0.15, -0.1) is 5.10 Å². The van der Waals surface area contributed by atoms with Crippen LogP contribution >= 0.6 is 0 Å². The third kappa shape index (κ3) is 5.46. The predicted octanol–water partition coefficient (Wildman–Crippen LogP) is 3.89. The maximum absolute atomic E-state index is 13.2. The maximum atomic E-state index is 13.2. The number of methoxy groups -OCH3 is 3. The van der Waals surface area contributed by atoms with Crippen molar-refractivity contribution in [1.82, 2.24) is 25.5 Å². The number of nitrogens with zero attached hydrogens (tertiary/aromatic N) is 4. The van der Waals surface area contributed by atoms with Crippen molar-refractivity contribution < 1.29 is 19.0 Å². The van der Waals surface area contributed by atoms with Crippen molar-refractivity contribution in [3.63, 3.8) is 0 Å². The van der Waals surface area contributed by atoms with Gasteiger partial charge in [-0.05, 0) is 88.0 Å². The van der Waals surface area contributed by atoms with Crippen LogP contribution in [-0.4, -0.2) is 54.0 Å². The van der Waals surface area contributed by atoms with Crippen LogP contribution in [-0.2, 0) is 12.8 Å². The van der Waals surface area contributed by atoms with Crippen molar-refractivity contribution in [2.75, 3.05) is 27.9 Å². The molecule has 0 bridgehead atoms. The number of tetrazole rings is 1. The zero-order chi connectivity index (χ0) is 25.5. The molecule has 1 N–H and O–H groups in total. The second-order valence-electron chi connectivity index (χ2n) is 8.09. The molecule has 36 heavy (non-hydrogen) atoms. The van der Waals surface area contributed by atoms with E-state index in [9.17, 15) is 4.79 Å². The minimum absolute atomic E-state index is 0.187. The van der Waals surface area contributed by atoms with Gasteiger partial charge in [0.15, 0.2) is 11.5 Å². The van der Waals surface area contributed by atoms with Gasteiger partial charge in [-0.1, -0.05) is 19.1 Å². The standard InChI is InChI=1S/C27H29N5O4/c1-5-19-7-8-23(34-2)16-24(19)20-13-21(15-22(14-20)32-17-29-30-31-32)27(33)28-11-10-18-6-9-25(35-3)26(12-18)36-4/h6-9,12-17H,5,10-11H2,1-4H3,(H,28,33). The number of carbonyl (C=O) groups is 1. The highest BCUT2D eigenvalue weighted by Gasteiger charge is 2.14. The fourth-order valence-corrected chi connectivity index (χ4v) is 4.03. The molecule has 0 aliphatic carbocycles. The van der Waals surface area contributed by atoms with Crippen molar-refractivity contribution >= 4 is 5.91 Å². The Morgan fingerprint density at radius 1 is 0.944 bits per heavy atom. The van der Waals surface area contributed by atoms with Crippen LogP contribution in [0.2, 0.25) is 0 Å². The number of benzene rings is 3. The average Bonchev–Trinajstić information content (AvgIpc) is 3.47. The van der Waals surface area contributed by atoms with E-state index in [0.29, 0.717) is 35.7 Å². The Labute approximate surface area is 210 Å². The molecule has 0 atom stereocenters. The Morgan fingerprint density at radius 3 is 2.47 bits per heavy atom. The zero-order valence-corrected chi connectivity index (χ0v) is 20.8. The monoisotopic (exact) mass is 487 g/mol. The van der Waals surface area contributed by atoms with Crippen LogP contribution in [0, 0.1) is 0 Å². The summed E-state index contributed by atoms with van der Waals surface area (Å²) in [6.07, 6.45) is 2.98. The second kappa shape index (κ2) is 11.4. The number of aryl methyl sites for hydroxylation is 1. The van der Waals surface area contributed by atoms with E-state index in [1.165, 1.54) is 11.0 Å². The van der Waals surface area contributed by atoms with Crippen LogP contribution in [0.15, 0.2) is 60.9 Å². The van der Waals surface area contributed by atoms with Gasteiger partial charge in [0, 0.05) is 12.1 Å². The number of amides is 1. The van der Waals surface area contributed by atoms with Gasteiger partial charge in [0.25, 0.3) is 5.91 Å². The summed E-state index contributed by atoms with van der Waals surface area (Å²) in [6.45, 7) is 2.55. The molecule has 0 radical (unpaired) electrons. The summed E-state index contributed by atoms with van der Waals surface area (Å²) in [5, 5.41) is 14.5. The molecule has 0 aliphatic heterocycles. The Morgan fingerprint density at radius 2 is 1.78 bits per heavy atom. The summed E-state index contributed by atoms with van der Waals surface area (Å²) in [5.74, 6) is 1.88. The normalized spacial score (nSPS) is 10.7. The van der Waals surface area contributed by atoms with E-state index in [-0.39, 0.29) is 5.91 Å². The molecule has 1 heterocycles. The molecule has 1 amide bonds. The van der Waals surface area contributed by atoms with Crippen LogP contribution in [0.1, 0.15) is 28.4 Å². The molecule has 186 valence electrons. The van der Waals surface area contributed by atoms with E-state index in [1.807, 2.05) is 48.5 Å². The van der Waals surface area contributed by atoms with Gasteiger partial charge >= 0.3 is 0 Å². The molecule has 9 nitrogen and oxygen atoms in total. The highest BCUT2D eigenvalue weighted by molar-refractivity contribution is 5.96. The van der Waals surface area contributed by atoms with Gasteiger partial charge in [0.1, 0.15) is 12.1 Å². The summed E-state index contributed by atoms with van der Waals surface area (Å²) in [6, 6.07) is 17.3. The molecule has 0 spiro atoms. The molecular formula is C27H29N5O4. The van der Waals surface area contributed by atoms with Gasteiger partial charge in [-0.25, -0.2) is 4.68 Å². The largest absolute Gasteiger partial charge is 0.497 e. The minimum Gasteiger partial charge on any atom is -0.497 e. The first-order valence-corrected chi connectivity index (χ1v) is 11.6. The highest BCUT2D eigenvalue weighted by atomic mass is 16.5. The first-order valence-electron chi connectivity index (χ1n) is 11.6. The van der Waals surface area contributed by atoms with E-state index in [2.05, 4.69) is 27.8 Å². The van der Waals surface area contributed by atoms with E-state index >= 15 is 0 Å². The Balaban J connectivity index is 1.60. The number of nitrogens with one attached hydrogen (secondary N) is 1. The summed E-state index contributed by atoms with van der Waals surface area (Å²) in [5.41, 5.74) is 5.24. The molecule has 4 rings (SSSR count). The third-order valence-corrected chi connectivity index (χ3v) is 5.95. The summed E-state index contributed by atoms with van der Waals surface area (Å²) < 4.78 is 17.7. The SMILES string of the molecule is CCc1ccc(OC)cc1-c1cc(C(=O)NCCc2ccc(OC)c(OC)c2)cc(-n2cnnn2)c1. The van der Waals surface area contributed by atoms with Gasteiger partial charge in [-0.3, -0.25) is 4.79 Å². The fourth-order valence-electron chi connectivity index (χ4n) is 4.03. The number of ether oxygens (including phenoxy) is 3. The summed E-state index contributed by atoms with van der Waals surface area (Å²) in [7, 11) is 4.84. The molecule has 0 unspecified atom stereocenters. The van der Waals surface area contributed by atoms with Crippen molar-refractivity contribution in [2.45, 2.75) is 19.8 Å². The fraction of sp³-hybridized carbons (Fsp3) is 0.259. The molecular weight excluding hydrogens is 458 g/mol. The number of rotatable bonds is 10. The van der Waals surface area contributed by atoms with Gasteiger partial charge in [0.05, 0.1) is 27.0 Å². The van der Waals surface area contributed by atoms with Crippen LogP contribution in [0.4, 0.5) is 0 Å². The smallest absolute Gasteiger partial charge is 0.251 e. The molecule has 4 aromatic rings. The number of hydrogen-bond donors (Lipinski definition) is 1. The van der Waals surface area contributed by atoms with Crippen LogP contribution in [0.25, 0.3) is 16.8 Å². The van der Waals surface area contributed by atoms with Crippen LogP contribution in [0.3, 0.4) is 0 Å². The quantitative estimate of drug-likeness (QED) is 0.362. The lowest BCUT2D eigenvalue weighted by Gasteiger charge is -2.14. The summed E-state index contributed by atoms with van der Waals surface area (Å²) in [4.78, 5) is 13.2. The Kier molecular flexibility index (Phi) is 7.79. The second-order valence-corrected chi connectivity index (χ2v) is 8.09. The predicted molar refractivity (Wildman–Crippen MR) is 136 cm³/mol. The zero-order valence-electron chi connectivity index (χ0n) is 20.8. The topological polar surface area (TPSA) is 100 Å². The maximum Gasteiger partial charge on any atom is 0.251 e. The van der Waals surface area contributed by atoms with Gasteiger partial charge in [0.2, 0.25) is 0 Å². The van der Waals surface area contributed by atoms with E-state index in [1.54, 1.807) is 27.4 Å².